The quantitative estimate of drug-likeness (QED) is 0.490. The average Bonchev–Trinajstić information content (AvgIpc) is 3.44. The topological polar surface area (TPSA) is 91.2 Å². The summed E-state index contributed by atoms with van der Waals surface area (Å²) in [7, 11) is 4.03. The lowest BCUT2D eigenvalue weighted by Crippen LogP contribution is -2.44. The smallest absolute Gasteiger partial charge is 0.254 e. The Morgan fingerprint density at radius 1 is 0.941 bits per heavy atom. The number of amides is 1. The number of hydrogen-bond donors (Lipinski definition) is 2. The van der Waals surface area contributed by atoms with Gasteiger partial charge in [-0.15, -0.1) is 0 Å². The Morgan fingerprint density at radius 2 is 1.79 bits per heavy atom. The standard InChI is InChI=1S/C25H26N8O/c1-31-9-11-33(12-10-31)16-3-6-22(27-13-16)30-21-5-4-17(19-14-28-25(34)23(19)21)18-7-8-26-24-20(18)15-29-32(24)2/h3-8,13,15H,9-12,14H2,1-2H3,(H,27,30)(H,28,34). The van der Waals surface area contributed by atoms with Crippen molar-refractivity contribution in [3.63, 3.8) is 0 Å². The lowest BCUT2D eigenvalue weighted by molar-refractivity contribution is 0.0966. The van der Waals surface area contributed by atoms with Crippen LogP contribution in [0.5, 0.6) is 0 Å². The number of likely N-dealkylation sites (N-methyl/N-ethyl adjacent to an activating group) is 1. The summed E-state index contributed by atoms with van der Waals surface area (Å²) in [6.45, 7) is 4.59. The highest BCUT2D eigenvalue weighted by atomic mass is 16.1. The highest BCUT2D eigenvalue weighted by molar-refractivity contribution is 6.07. The fourth-order valence-corrected chi connectivity index (χ4v) is 4.84. The van der Waals surface area contributed by atoms with Crippen molar-refractivity contribution in [2.24, 2.45) is 7.05 Å². The molecule has 9 heteroatoms. The van der Waals surface area contributed by atoms with Crippen LogP contribution in [-0.2, 0) is 13.6 Å². The summed E-state index contributed by atoms with van der Waals surface area (Å²) in [4.78, 5) is 26.6. The number of fused-ring (bicyclic) bond motifs is 2. The molecule has 9 nitrogen and oxygen atoms in total. The Labute approximate surface area is 197 Å². The third-order valence-electron chi connectivity index (χ3n) is 6.77. The van der Waals surface area contributed by atoms with Gasteiger partial charge in [0.15, 0.2) is 5.65 Å². The molecule has 1 fully saturated rings. The highest BCUT2D eigenvalue weighted by Crippen LogP contribution is 2.37. The molecule has 0 aliphatic carbocycles. The van der Waals surface area contributed by atoms with Crippen LogP contribution in [0.1, 0.15) is 15.9 Å². The summed E-state index contributed by atoms with van der Waals surface area (Å²) in [5.74, 6) is 0.635. The second-order valence-corrected chi connectivity index (χ2v) is 8.88. The zero-order valence-corrected chi connectivity index (χ0v) is 19.2. The molecule has 0 saturated carbocycles. The van der Waals surface area contributed by atoms with E-state index in [0.29, 0.717) is 17.9 Å². The number of nitrogens with zero attached hydrogens (tertiary/aromatic N) is 6. The van der Waals surface area contributed by atoms with Crippen molar-refractivity contribution in [1.29, 1.82) is 0 Å². The number of benzene rings is 1. The first-order valence-electron chi connectivity index (χ1n) is 11.5. The van der Waals surface area contributed by atoms with Crippen LogP contribution in [0.3, 0.4) is 0 Å². The van der Waals surface area contributed by atoms with Gasteiger partial charge in [0.1, 0.15) is 5.82 Å². The molecule has 4 aromatic rings. The Bertz CT molecular complexity index is 1390. The Morgan fingerprint density at radius 3 is 2.59 bits per heavy atom. The number of carbonyl (C=O) groups is 1. The lowest BCUT2D eigenvalue weighted by atomic mass is 9.94. The van der Waals surface area contributed by atoms with Gasteiger partial charge in [-0.1, -0.05) is 6.07 Å². The zero-order chi connectivity index (χ0) is 23.2. The second kappa shape index (κ2) is 8.11. The Kier molecular flexibility index (Phi) is 4.91. The van der Waals surface area contributed by atoms with E-state index in [9.17, 15) is 4.79 Å². The predicted molar refractivity (Wildman–Crippen MR) is 132 cm³/mol. The van der Waals surface area contributed by atoms with Crippen molar-refractivity contribution in [3.05, 3.63) is 60.0 Å². The van der Waals surface area contributed by atoms with Gasteiger partial charge in [0.25, 0.3) is 5.91 Å². The monoisotopic (exact) mass is 454 g/mol. The SMILES string of the molecule is CN1CCN(c2ccc(Nc3ccc(-c4ccnc5c4cnn5C)c4c3C(=O)NC4)nc2)CC1. The fourth-order valence-electron chi connectivity index (χ4n) is 4.84. The highest BCUT2D eigenvalue weighted by Gasteiger charge is 2.27. The number of pyridine rings is 2. The summed E-state index contributed by atoms with van der Waals surface area (Å²) in [5.41, 5.74) is 6.36. The van der Waals surface area contributed by atoms with Crippen molar-refractivity contribution in [1.82, 2.24) is 30.0 Å². The van der Waals surface area contributed by atoms with E-state index >= 15 is 0 Å². The van der Waals surface area contributed by atoms with Crippen LogP contribution in [0.4, 0.5) is 17.2 Å². The molecule has 0 radical (unpaired) electrons. The molecule has 1 saturated heterocycles. The van der Waals surface area contributed by atoms with Crippen LogP contribution in [0.2, 0.25) is 0 Å². The van der Waals surface area contributed by atoms with Crippen LogP contribution >= 0.6 is 0 Å². The van der Waals surface area contributed by atoms with Crippen LogP contribution in [0.15, 0.2) is 48.9 Å². The molecule has 0 unspecified atom stereocenters. The normalized spacial score (nSPS) is 16.1. The second-order valence-electron chi connectivity index (χ2n) is 8.88. The van der Waals surface area contributed by atoms with E-state index in [0.717, 1.165) is 65.3 Å². The first kappa shape index (κ1) is 20.6. The van der Waals surface area contributed by atoms with Crippen LogP contribution in [-0.4, -0.2) is 63.8 Å². The predicted octanol–water partition coefficient (Wildman–Crippen LogP) is 2.77. The molecule has 6 rings (SSSR count). The van der Waals surface area contributed by atoms with E-state index in [1.54, 1.807) is 10.9 Å². The molecule has 0 bridgehead atoms. The Balaban J connectivity index is 1.32. The number of aryl methyl sites for hydroxylation is 1. The van der Waals surface area contributed by atoms with E-state index in [1.807, 2.05) is 37.6 Å². The number of nitrogens with one attached hydrogen (secondary N) is 2. The number of hydrogen-bond acceptors (Lipinski definition) is 7. The van der Waals surface area contributed by atoms with Gasteiger partial charge in [-0.3, -0.25) is 9.48 Å². The van der Waals surface area contributed by atoms with Gasteiger partial charge < -0.3 is 20.4 Å². The maximum atomic E-state index is 12.8. The van der Waals surface area contributed by atoms with E-state index < -0.39 is 0 Å². The Hall–Kier alpha value is -3.98. The van der Waals surface area contributed by atoms with Crippen molar-refractivity contribution < 1.29 is 4.79 Å². The molecule has 2 N–H and O–H groups in total. The summed E-state index contributed by atoms with van der Waals surface area (Å²) in [5, 5.41) is 11.7. The van der Waals surface area contributed by atoms with Gasteiger partial charge >= 0.3 is 0 Å². The van der Waals surface area contributed by atoms with E-state index in [1.165, 1.54) is 0 Å². The fraction of sp³-hybridized carbons (Fsp3) is 0.280. The van der Waals surface area contributed by atoms with E-state index in [4.69, 9.17) is 0 Å². The summed E-state index contributed by atoms with van der Waals surface area (Å²) >= 11 is 0. The van der Waals surface area contributed by atoms with Crippen LogP contribution in [0.25, 0.3) is 22.2 Å². The van der Waals surface area contributed by atoms with Gasteiger partial charge in [0, 0.05) is 51.4 Å². The summed E-state index contributed by atoms with van der Waals surface area (Å²) in [6.07, 6.45) is 5.51. The molecule has 1 amide bonds. The first-order chi connectivity index (χ1) is 16.6. The van der Waals surface area contributed by atoms with Gasteiger partial charge in [-0.05, 0) is 48.0 Å². The third kappa shape index (κ3) is 3.45. The van der Waals surface area contributed by atoms with E-state index in [2.05, 4.69) is 54.7 Å². The molecule has 0 atom stereocenters. The van der Waals surface area contributed by atoms with Gasteiger partial charge in [0.05, 0.1) is 29.3 Å². The molecule has 5 heterocycles. The maximum absolute atomic E-state index is 12.8. The van der Waals surface area contributed by atoms with Crippen LogP contribution < -0.4 is 15.5 Å². The minimum atomic E-state index is -0.0788. The van der Waals surface area contributed by atoms with Gasteiger partial charge in [0.2, 0.25) is 0 Å². The number of piperazine rings is 1. The average molecular weight is 455 g/mol. The number of rotatable bonds is 4. The van der Waals surface area contributed by atoms with Gasteiger partial charge in [-0.25, -0.2) is 9.97 Å². The molecule has 34 heavy (non-hydrogen) atoms. The summed E-state index contributed by atoms with van der Waals surface area (Å²) < 4.78 is 1.76. The molecular weight excluding hydrogens is 428 g/mol. The summed E-state index contributed by atoms with van der Waals surface area (Å²) in [6, 6.07) is 10.1. The van der Waals surface area contributed by atoms with Gasteiger partial charge in [-0.2, -0.15) is 5.10 Å². The lowest BCUT2D eigenvalue weighted by Gasteiger charge is -2.33. The third-order valence-corrected chi connectivity index (χ3v) is 6.77. The minimum Gasteiger partial charge on any atom is -0.368 e. The molecule has 1 aromatic carbocycles. The van der Waals surface area contributed by atoms with Crippen molar-refractivity contribution in [2.75, 3.05) is 43.4 Å². The van der Waals surface area contributed by atoms with E-state index in [-0.39, 0.29) is 5.91 Å². The molecule has 0 spiro atoms. The number of aromatic nitrogens is 4. The van der Waals surface area contributed by atoms with Crippen molar-refractivity contribution in [2.45, 2.75) is 6.54 Å². The molecule has 2 aliphatic heterocycles. The van der Waals surface area contributed by atoms with Crippen LogP contribution in [0, 0.1) is 0 Å². The number of anilines is 3. The minimum absolute atomic E-state index is 0.0788. The van der Waals surface area contributed by atoms with Crippen molar-refractivity contribution in [3.8, 4) is 11.1 Å². The number of carbonyl (C=O) groups excluding carboxylic acids is 1. The zero-order valence-electron chi connectivity index (χ0n) is 19.2. The molecular formula is C25H26N8O. The van der Waals surface area contributed by atoms with Crippen molar-refractivity contribution >= 4 is 34.1 Å². The molecule has 3 aromatic heterocycles. The molecule has 2 aliphatic rings. The first-order valence-corrected chi connectivity index (χ1v) is 11.5. The largest absolute Gasteiger partial charge is 0.368 e. The molecule has 172 valence electrons. The maximum Gasteiger partial charge on any atom is 0.254 e.